The van der Waals surface area contributed by atoms with Gasteiger partial charge in [-0.15, -0.1) is 0 Å². The van der Waals surface area contributed by atoms with Gasteiger partial charge in [-0.2, -0.15) is 0 Å². The summed E-state index contributed by atoms with van der Waals surface area (Å²) in [4.78, 5) is 0. The minimum absolute atomic E-state index is 0.372. The molecule has 0 spiro atoms. The summed E-state index contributed by atoms with van der Waals surface area (Å²) in [5.41, 5.74) is 0. The molecule has 2 saturated heterocycles. The Morgan fingerprint density at radius 1 is 0.373 bits per heavy atom. The molecule has 308 valence electrons. The lowest BCUT2D eigenvalue weighted by Crippen LogP contribution is -2.57. The van der Waals surface area contributed by atoms with Crippen LogP contribution in [-0.4, -0.2) is 117 Å². The SMILES string of the molecule is CCCCCCCCCCCCO.CCCCCCCCCCCCO[C@@H]1OC(C)[C@H](O)[C@H](O)C1O.CCCCO[C@@H]1OC(C)[C@H](O)[C@H](O)C1O. The van der Waals surface area contributed by atoms with Crippen LogP contribution in [0.2, 0.25) is 0 Å². The fraction of sp³-hybridized carbons (Fsp3) is 1.00. The third kappa shape index (κ3) is 24.6. The number of aliphatic hydroxyl groups is 7. The lowest BCUT2D eigenvalue weighted by Gasteiger charge is -2.38. The number of ether oxygens (including phenoxy) is 4. The van der Waals surface area contributed by atoms with E-state index in [0.29, 0.717) is 19.8 Å². The maximum Gasteiger partial charge on any atom is 0.186 e. The predicted molar refractivity (Wildman–Crippen MR) is 202 cm³/mol. The molecule has 10 atom stereocenters. The zero-order valence-corrected chi connectivity index (χ0v) is 33.2. The number of hydrogen-bond donors (Lipinski definition) is 7. The van der Waals surface area contributed by atoms with Crippen molar-refractivity contribution in [2.24, 2.45) is 0 Å². The largest absolute Gasteiger partial charge is 0.396 e. The van der Waals surface area contributed by atoms with Crippen LogP contribution in [0.1, 0.15) is 176 Å². The molecule has 0 aromatic heterocycles. The molecule has 0 aromatic rings. The molecule has 0 aliphatic carbocycles. The highest BCUT2D eigenvalue weighted by atomic mass is 16.7. The molecule has 7 N–H and O–H groups in total. The van der Waals surface area contributed by atoms with Crippen LogP contribution in [0, 0.1) is 0 Å². The van der Waals surface area contributed by atoms with Gasteiger partial charge in [0.05, 0.1) is 12.2 Å². The first-order valence-corrected chi connectivity index (χ1v) is 20.8. The molecular formula is C40H82O11. The first-order valence-electron chi connectivity index (χ1n) is 20.8. The highest BCUT2D eigenvalue weighted by Crippen LogP contribution is 2.23. The third-order valence-corrected chi connectivity index (χ3v) is 9.69. The lowest BCUT2D eigenvalue weighted by atomic mass is 10.00. The first-order chi connectivity index (χ1) is 24.6. The van der Waals surface area contributed by atoms with Gasteiger partial charge >= 0.3 is 0 Å². The van der Waals surface area contributed by atoms with Crippen LogP contribution in [0.3, 0.4) is 0 Å². The second-order valence-electron chi connectivity index (χ2n) is 14.5. The average molecular weight is 739 g/mol. The van der Waals surface area contributed by atoms with Crippen LogP contribution in [0.25, 0.3) is 0 Å². The zero-order chi connectivity index (χ0) is 38.3. The van der Waals surface area contributed by atoms with Crippen molar-refractivity contribution in [3.63, 3.8) is 0 Å². The quantitative estimate of drug-likeness (QED) is 0.0497. The maximum absolute atomic E-state index is 9.83. The molecule has 51 heavy (non-hydrogen) atoms. The van der Waals surface area contributed by atoms with Crippen molar-refractivity contribution < 1.29 is 54.7 Å². The molecule has 0 aromatic carbocycles. The molecule has 2 heterocycles. The fourth-order valence-electron chi connectivity index (χ4n) is 6.03. The second kappa shape index (κ2) is 34.1. The topological polar surface area (TPSA) is 179 Å². The average Bonchev–Trinajstić information content (AvgIpc) is 3.13. The summed E-state index contributed by atoms with van der Waals surface area (Å²) >= 11 is 0. The fourth-order valence-corrected chi connectivity index (χ4v) is 6.03. The van der Waals surface area contributed by atoms with Crippen LogP contribution >= 0.6 is 0 Å². The van der Waals surface area contributed by atoms with Crippen LogP contribution < -0.4 is 0 Å². The van der Waals surface area contributed by atoms with Crippen LogP contribution in [-0.2, 0) is 18.9 Å². The standard InChI is InChI=1S/C18H36O5.C12H26O.C10H20O5/c1-3-4-5-6-7-8-9-10-11-12-13-22-18-17(21)16(20)15(19)14(2)23-18;1-2-3-4-5-6-7-8-9-10-11-12-13;1-3-4-5-14-10-9(13)8(12)7(11)6(2)15-10/h14-21H,3-13H2,1-2H3;13H,2-12H2,1H3;6-13H,3-5H2,1-2H3/t14?,15-,16-,17?,18+;;6?,7-,8-,9?,10+/m0.0/s1. The molecule has 0 bridgehead atoms. The maximum atomic E-state index is 9.83. The van der Waals surface area contributed by atoms with Gasteiger partial charge in [-0.3, -0.25) is 0 Å². The van der Waals surface area contributed by atoms with Crippen molar-refractivity contribution in [1.29, 1.82) is 0 Å². The van der Waals surface area contributed by atoms with Crippen LogP contribution in [0.5, 0.6) is 0 Å². The molecule has 11 heteroatoms. The Labute approximate surface area is 311 Å². The summed E-state index contributed by atoms with van der Waals surface area (Å²) in [6, 6.07) is 0. The van der Waals surface area contributed by atoms with E-state index >= 15 is 0 Å². The summed E-state index contributed by atoms with van der Waals surface area (Å²) in [6.45, 7) is 11.2. The van der Waals surface area contributed by atoms with Crippen LogP contribution in [0.15, 0.2) is 0 Å². The van der Waals surface area contributed by atoms with E-state index in [2.05, 4.69) is 13.8 Å². The van der Waals surface area contributed by atoms with E-state index in [9.17, 15) is 30.6 Å². The Morgan fingerprint density at radius 3 is 1.00 bits per heavy atom. The Kier molecular flexibility index (Phi) is 33.8. The van der Waals surface area contributed by atoms with E-state index < -0.39 is 61.4 Å². The number of unbranched alkanes of at least 4 members (excludes halogenated alkanes) is 19. The number of hydrogen-bond acceptors (Lipinski definition) is 11. The van der Waals surface area contributed by atoms with Gasteiger partial charge in [0.15, 0.2) is 12.6 Å². The van der Waals surface area contributed by atoms with Crippen LogP contribution in [0.4, 0.5) is 0 Å². The molecular weight excluding hydrogens is 656 g/mol. The molecule has 11 nitrogen and oxygen atoms in total. The third-order valence-electron chi connectivity index (χ3n) is 9.69. The number of rotatable bonds is 26. The van der Waals surface area contributed by atoms with Crippen molar-refractivity contribution in [2.75, 3.05) is 19.8 Å². The highest BCUT2D eigenvalue weighted by molar-refractivity contribution is 4.88. The number of aliphatic hydroxyl groups excluding tert-OH is 7. The Bertz CT molecular complexity index is 723. The monoisotopic (exact) mass is 739 g/mol. The van der Waals surface area contributed by atoms with Crippen molar-refractivity contribution in [1.82, 2.24) is 0 Å². The zero-order valence-electron chi connectivity index (χ0n) is 33.2. The Balaban J connectivity index is 0.000000777. The minimum atomic E-state index is -1.21. The molecule has 2 rings (SSSR count). The van der Waals surface area contributed by atoms with Gasteiger partial charge in [-0.05, 0) is 33.1 Å². The van der Waals surface area contributed by atoms with Gasteiger partial charge in [0.2, 0.25) is 0 Å². The Hall–Kier alpha value is -0.440. The van der Waals surface area contributed by atoms with Crippen molar-refractivity contribution in [3.8, 4) is 0 Å². The first kappa shape index (κ1) is 50.6. The Morgan fingerprint density at radius 2 is 0.667 bits per heavy atom. The summed E-state index contributed by atoms with van der Waals surface area (Å²) in [6.07, 6.45) is 18.1. The highest BCUT2D eigenvalue weighted by Gasteiger charge is 2.43. The molecule has 4 unspecified atom stereocenters. The van der Waals surface area contributed by atoms with Crippen molar-refractivity contribution >= 4 is 0 Å². The smallest absolute Gasteiger partial charge is 0.186 e. The normalized spacial score (nSPS) is 29.2. The van der Waals surface area contributed by atoms with Gasteiger partial charge in [0.25, 0.3) is 0 Å². The summed E-state index contributed by atoms with van der Waals surface area (Å²) in [5.74, 6) is 0. The van der Waals surface area contributed by atoms with E-state index in [-0.39, 0.29) is 0 Å². The van der Waals surface area contributed by atoms with E-state index in [1.54, 1.807) is 13.8 Å². The second-order valence-corrected chi connectivity index (χ2v) is 14.5. The minimum Gasteiger partial charge on any atom is -0.396 e. The van der Waals surface area contributed by atoms with E-state index in [4.69, 9.17) is 24.1 Å². The van der Waals surface area contributed by atoms with E-state index in [0.717, 1.165) is 32.1 Å². The molecule has 2 aliphatic rings. The van der Waals surface area contributed by atoms with Gasteiger partial charge in [-0.1, -0.05) is 143 Å². The summed E-state index contributed by atoms with van der Waals surface area (Å²) in [5, 5.41) is 66.2. The van der Waals surface area contributed by atoms with Gasteiger partial charge in [-0.25, -0.2) is 0 Å². The van der Waals surface area contributed by atoms with Crippen molar-refractivity contribution in [3.05, 3.63) is 0 Å². The van der Waals surface area contributed by atoms with E-state index in [1.165, 1.54) is 109 Å². The molecule has 0 amide bonds. The molecule has 2 aliphatic heterocycles. The van der Waals surface area contributed by atoms with Gasteiger partial charge in [0, 0.05) is 19.8 Å². The van der Waals surface area contributed by atoms with Gasteiger partial charge in [0.1, 0.15) is 36.6 Å². The van der Waals surface area contributed by atoms with Crippen molar-refractivity contribution in [2.45, 2.75) is 237 Å². The van der Waals surface area contributed by atoms with Gasteiger partial charge < -0.3 is 54.7 Å². The lowest BCUT2D eigenvalue weighted by molar-refractivity contribution is -0.293. The molecule has 0 saturated carbocycles. The molecule has 2 fully saturated rings. The predicted octanol–water partition coefficient (Wildman–Crippen LogP) is 6.28. The summed E-state index contributed by atoms with van der Waals surface area (Å²) < 4.78 is 21.4. The summed E-state index contributed by atoms with van der Waals surface area (Å²) in [7, 11) is 0. The van der Waals surface area contributed by atoms with E-state index in [1.807, 2.05) is 6.92 Å². The molecule has 0 radical (unpaired) electrons.